The number of methoxy groups -OCH3 is 1. The molecule has 1 unspecified atom stereocenters. The SMILES string of the molecule is [CH2]COc1c(I)cc(CC)cc1C(Nc1ccc(C#N)cc1)C(=O)OC. The molecule has 0 amide bonds. The summed E-state index contributed by atoms with van der Waals surface area (Å²) in [6, 6.07) is 12.2. The van der Waals surface area contributed by atoms with Gasteiger partial charge in [0.05, 0.1) is 28.9 Å². The van der Waals surface area contributed by atoms with Crippen LogP contribution in [0, 0.1) is 21.8 Å². The van der Waals surface area contributed by atoms with Gasteiger partial charge in [0.25, 0.3) is 0 Å². The fraction of sp³-hybridized carbons (Fsp3) is 0.250. The van der Waals surface area contributed by atoms with Gasteiger partial charge in [-0.2, -0.15) is 5.26 Å². The Balaban J connectivity index is 2.50. The second-order valence-corrected chi connectivity index (χ2v) is 6.65. The fourth-order valence-corrected chi connectivity index (χ4v) is 3.40. The fourth-order valence-electron chi connectivity index (χ4n) is 2.54. The van der Waals surface area contributed by atoms with Crippen LogP contribution in [0.2, 0.25) is 0 Å². The summed E-state index contributed by atoms with van der Waals surface area (Å²) in [5.41, 5.74) is 3.05. The number of benzene rings is 2. The molecule has 2 aromatic carbocycles. The largest absolute Gasteiger partial charge is 0.492 e. The molecule has 1 N–H and O–H groups in total. The van der Waals surface area contributed by atoms with E-state index in [1.165, 1.54) is 7.11 Å². The van der Waals surface area contributed by atoms with Crippen molar-refractivity contribution in [1.29, 1.82) is 5.26 Å². The van der Waals surface area contributed by atoms with Gasteiger partial charge in [-0.05, 0) is 77.9 Å². The number of aryl methyl sites for hydroxylation is 1. The normalized spacial score (nSPS) is 11.3. The molecule has 0 spiro atoms. The number of nitriles is 1. The van der Waals surface area contributed by atoms with Gasteiger partial charge < -0.3 is 14.8 Å². The highest BCUT2D eigenvalue weighted by molar-refractivity contribution is 14.1. The third-order valence-electron chi connectivity index (χ3n) is 3.86. The number of nitrogens with one attached hydrogen (secondary N) is 1. The van der Waals surface area contributed by atoms with Gasteiger partial charge in [0.2, 0.25) is 0 Å². The van der Waals surface area contributed by atoms with Crippen molar-refractivity contribution >= 4 is 34.2 Å². The summed E-state index contributed by atoms with van der Waals surface area (Å²) in [6.07, 6.45) is 0.832. The smallest absolute Gasteiger partial charge is 0.333 e. The molecule has 0 heterocycles. The van der Waals surface area contributed by atoms with Gasteiger partial charge in [-0.25, -0.2) is 4.79 Å². The molecule has 135 valence electrons. The highest BCUT2D eigenvalue weighted by Gasteiger charge is 2.27. The number of anilines is 1. The van der Waals surface area contributed by atoms with E-state index in [1.807, 2.05) is 12.1 Å². The average Bonchev–Trinajstić information content (AvgIpc) is 2.67. The number of nitrogens with zero attached hydrogens (tertiary/aromatic N) is 1. The zero-order chi connectivity index (χ0) is 19.1. The zero-order valence-corrected chi connectivity index (χ0v) is 16.9. The van der Waals surface area contributed by atoms with E-state index >= 15 is 0 Å². The van der Waals surface area contributed by atoms with E-state index in [-0.39, 0.29) is 6.61 Å². The lowest BCUT2D eigenvalue weighted by atomic mass is 10.0. The highest BCUT2D eigenvalue weighted by atomic mass is 127. The van der Waals surface area contributed by atoms with Crippen molar-refractivity contribution in [2.24, 2.45) is 0 Å². The van der Waals surface area contributed by atoms with E-state index in [2.05, 4.69) is 47.8 Å². The van der Waals surface area contributed by atoms with Crippen LogP contribution in [0.5, 0.6) is 5.75 Å². The van der Waals surface area contributed by atoms with Crippen molar-refractivity contribution in [2.45, 2.75) is 19.4 Å². The molecule has 0 aliphatic heterocycles. The van der Waals surface area contributed by atoms with E-state index in [9.17, 15) is 4.79 Å². The van der Waals surface area contributed by atoms with E-state index < -0.39 is 12.0 Å². The van der Waals surface area contributed by atoms with Crippen LogP contribution in [0.3, 0.4) is 0 Å². The summed E-state index contributed by atoms with van der Waals surface area (Å²) in [7, 11) is 1.35. The van der Waals surface area contributed by atoms with Crippen LogP contribution in [0.15, 0.2) is 36.4 Å². The Labute approximate surface area is 167 Å². The van der Waals surface area contributed by atoms with Crippen LogP contribution in [-0.4, -0.2) is 19.7 Å². The maximum absolute atomic E-state index is 12.5. The molecule has 2 aromatic rings. The Bertz CT molecular complexity index is 813. The first-order valence-electron chi connectivity index (χ1n) is 8.12. The van der Waals surface area contributed by atoms with Crippen LogP contribution in [0.1, 0.15) is 29.7 Å². The Morgan fingerprint density at radius 3 is 2.58 bits per heavy atom. The second kappa shape index (κ2) is 9.43. The Morgan fingerprint density at radius 2 is 2.04 bits per heavy atom. The lowest BCUT2D eigenvalue weighted by Gasteiger charge is -2.22. The standard InChI is InChI=1S/C20H20IN2O3/c1-4-13-10-16(19(26-5-2)17(21)11-13)18(20(24)25-3)23-15-8-6-14(12-22)7-9-15/h6-11,18,23H,2,4-5H2,1,3H3. The molecule has 0 fully saturated rings. The highest BCUT2D eigenvalue weighted by Crippen LogP contribution is 2.34. The predicted octanol–water partition coefficient (Wildman–Crippen LogP) is 4.26. The minimum Gasteiger partial charge on any atom is -0.492 e. The van der Waals surface area contributed by atoms with Crippen LogP contribution in [-0.2, 0) is 16.0 Å². The molecule has 1 radical (unpaired) electrons. The lowest BCUT2D eigenvalue weighted by Crippen LogP contribution is -2.23. The molecule has 0 saturated heterocycles. The van der Waals surface area contributed by atoms with Gasteiger partial charge in [0.15, 0.2) is 6.04 Å². The number of esters is 1. The first-order valence-corrected chi connectivity index (χ1v) is 9.20. The molecule has 26 heavy (non-hydrogen) atoms. The number of carbonyl (C=O) groups is 1. The first kappa shape index (κ1) is 20.0. The van der Waals surface area contributed by atoms with Gasteiger partial charge in [0.1, 0.15) is 5.75 Å². The van der Waals surface area contributed by atoms with Crippen LogP contribution >= 0.6 is 22.6 Å². The van der Waals surface area contributed by atoms with E-state index in [0.29, 0.717) is 22.6 Å². The molecule has 1 atom stereocenters. The third-order valence-corrected chi connectivity index (χ3v) is 4.66. The number of hydrogen-bond acceptors (Lipinski definition) is 5. The Kier molecular flexibility index (Phi) is 7.27. The van der Waals surface area contributed by atoms with Crippen LogP contribution in [0.4, 0.5) is 5.69 Å². The number of carbonyl (C=O) groups excluding carboxylic acids is 1. The first-order chi connectivity index (χ1) is 12.5. The molecule has 0 aliphatic carbocycles. The number of ether oxygens (including phenoxy) is 2. The van der Waals surface area contributed by atoms with Crippen molar-refractivity contribution in [1.82, 2.24) is 0 Å². The van der Waals surface area contributed by atoms with Crippen molar-refractivity contribution in [3.05, 3.63) is 63.6 Å². The quantitative estimate of drug-likeness (QED) is 0.491. The van der Waals surface area contributed by atoms with Crippen molar-refractivity contribution in [3.8, 4) is 11.8 Å². The van der Waals surface area contributed by atoms with Gasteiger partial charge >= 0.3 is 5.97 Å². The van der Waals surface area contributed by atoms with Gasteiger partial charge in [0, 0.05) is 11.3 Å². The van der Waals surface area contributed by atoms with Gasteiger partial charge in [-0.15, -0.1) is 0 Å². The van der Waals surface area contributed by atoms with Crippen molar-refractivity contribution in [3.63, 3.8) is 0 Å². The van der Waals surface area contributed by atoms with Crippen LogP contribution in [0.25, 0.3) is 0 Å². The lowest BCUT2D eigenvalue weighted by molar-refractivity contribution is -0.141. The summed E-state index contributed by atoms with van der Waals surface area (Å²) >= 11 is 2.20. The summed E-state index contributed by atoms with van der Waals surface area (Å²) < 4.78 is 11.6. The van der Waals surface area contributed by atoms with Gasteiger partial charge in [-0.1, -0.05) is 6.92 Å². The zero-order valence-electron chi connectivity index (χ0n) is 14.7. The van der Waals surface area contributed by atoms with Crippen molar-refractivity contribution < 1.29 is 14.3 Å². The monoisotopic (exact) mass is 463 g/mol. The molecule has 0 aliphatic rings. The summed E-state index contributed by atoms with van der Waals surface area (Å²) in [4.78, 5) is 12.5. The average molecular weight is 463 g/mol. The van der Waals surface area contributed by atoms with E-state index in [0.717, 1.165) is 15.6 Å². The number of rotatable bonds is 7. The Morgan fingerprint density at radius 1 is 1.35 bits per heavy atom. The summed E-state index contributed by atoms with van der Waals surface area (Å²) in [5.74, 6) is 0.196. The number of hydrogen-bond donors (Lipinski definition) is 1. The maximum atomic E-state index is 12.5. The third kappa shape index (κ3) is 4.67. The summed E-state index contributed by atoms with van der Waals surface area (Å²) in [5, 5.41) is 12.1. The minimum atomic E-state index is -0.741. The topological polar surface area (TPSA) is 71.3 Å². The van der Waals surface area contributed by atoms with E-state index in [4.69, 9.17) is 14.7 Å². The van der Waals surface area contributed by atoms with Crippen molar-refractivity contribution in [2.75, 3.05) is 19.0 Å². The summed E-state index contributed by atoms with van der Waals surface area (Å²) in [6.45, 7) is 6.04. The molecule has 0 saturated carbocycles. The maximum Gasteiger partial charge on any atom is 0.333 e. The molecule has 6 heteroatoms. The Hall–Kier alpha value is -2.27. The van der Waals surface area contributed by atoms with E-state index in [1.54, 1.807) is 24.3 Å². The molecule has 0 aromatic heterocycles. The number of halogens is 1. The van der Waals surface area contributed by atoms with Crippen LogP contribution < -0.4 is 10.1 Å². The molecular weight excluding hydrogens is 443 g/mol. The molecule has 2 rings (SSSR count). The molecular formula is C20H20IN2O3. The van der Waals surface area contributed by atoms with Gasteiger partial charge in [-0.3, -0.25) is 0 Å². The minimum absolute atomic E-state index is 0.249. The predicted molar refractivity (Wildman–Crippen MR) is 109 cm³/mol. The molecule has 0 bridgehead atoms. The second-order valence-electron chi connectivity index (χ2n) is 5.49. The molecule has 5 nitrogen and oxygen atoms in total.